The predicted molar refractivity (Wildman–Crippen MR) is 121 cm³/mol. The average molecular weight is 482 g/mol. The molecule has 2 amide bonds. The fourth-order valence-electron chi connectivity index (χ4n) is 4.56. The number of hydrogen-bond acceptors (Lipinski definition) is 9. The number of carbonyl (C=O) groups is 3. The molecule has 4 N–H and O–H groups in total. The van der Waals surface area contributed by atoms with Crippen LogP contribution in [-0.4, -0.2) is 66.8 Å². The number of hydrogen-bond donors (Lipinski definition) is 3. The lowest BCUT2D eigenvalue weighted by atomic mass is 9.89. The van der Waals surface area contributed by atoms with Crippen LogP contribution in [0, 0.1) is 5.92 Å². The monoisotopic (exact) mass is 481 g/mol. The molecular formula is C20H27N5O5S2. The topological polar surface area (TPSA) is 147 Å². The normalized spacial score (nSPS) is 31.6. The van der Waals surface area contributed by atoms with Crippen molar-refractivity contribution in [3.63, 3.8) is 0 Å². The number of fused-ring (bicyclic) bond motifs is 1. The Bertz CT molecular complexity index is 964. The van der Waals surface area contributed by atoms with Crippen LogP contribution in [0.2, 0.25) is 0 Å². The molecule has 12 heteroatoms. The first-order chi connectivity index (χ1) is 15.1. The highest BCUT2D eigenvalue weighted by Gasteiger charge is 2.64. The summed E-state index contributed by atoms with van der Waals surface area (Å²) in [6.07, 6.45) is 3.83. The van der Waals surface area contributed by atoms with Gasteiger partial charge in [-0.2, -0.15) is 0 Å². The lowest BCUT2D eigenvalue weighted by molar-refractivity contribution is -0.160. The molecule has 3 aliphatic rings. The first kappa shape index (κ1) is 22.8. The van der Waals surface area contributed by atoms with E-state index in [2.05, 4.69) is 22.4 Å². The van der Waals surface area contributed by atoms with Gasteiger partial charge in [-0.25, -0.2) is 9.78 Å². The van der Waals surface area contributed by atoms with E-state index < -0.39 is 40.0 Å². The van der Waals surface area contributed by atoms with Gasteiger partial charge in [-0.3, -0.25) is 9.59 Å². The Morgan fingerprint density at radius 2 is 2.16 bits per heavy atom. The van der Waals surface area contributed by atoms with Crippen molar-refractivity contribution in [2.24, 2.45) is 11.1 Å². The molecule has 174 valence electrons. The number of nitrogens with one attached hydrogen (secondary N) is 1. The minimum atomic E-state index is -1.06. The Kier molecular flexibility index (Phi) is 6.10. The van der Waals surface area contributed by atoms with E-state index >= 15 is 0 Å². The number of nitrogens with zero attached hydrogens (tertiary/aromatic N) is 3. The van der Waals surface area contributed by atoms with Crippen LogP contribution < -0.4 is 11.1 Å². The Labute approximate surface area is 193 Å². The van der Waals surface area contributed by atoms with Crippen LogP contribution >= 0.6 is 23.1 Å². The summed E-state index contributed by atoms with van der Waals surface area (Å²) in [6, 6.07) is -1.78. The van der Waals surface area contributed by atoms with Crippen LogP contribution in [-0.2, 0) is 19.2 Å². The number of thiazole rings is 1. The number of aromatic nitrogens is 1. The molecule has 10 nitrogen and oxygen atoms in total. The molecule has 0 radical (unpaired) electrons. The molecule has 4 rings (SSSR count). The van der Waals surface area contributed by atoms with E-state index in [0.29, 0.717) is 5.92 Å². The fourth-order valence-corrected chi connectivity index (χ4v) is 6.73. The van der Waals surface area contributed by atoms with Gasteiger partial charge in [-0.15, -0.1) is 23.1 Å². The van der Waals surface area contributed by atoms with E-state index in [1.807, 2.05) is 0 Å². The summed E-state index contributed by atoms with van der Waals surface area (Å²) >= 11 is 2.54. The van der Waals surface area contributed by atoms with Crippen LogP contribution in [0.1, 0.15) is 52.1 Å². The van der Waals surface area contributed by atoms with Gasteiger partial charge in [0.05, 0.1) is 0 Å². The van der Waals surface area contributed by atoms with Crippen molar-refractivity contribution < 1.29 is 24.3 Å². The van der Waals surface area contributed by atoms with Crippen molar-refractivity contribution in [2.75, 3.05) is 5.73 Å². The number of aliphatic carboxylic acids is 1. The van der Waals surface area contributed by atoms with E-state index in [1.165, 1.54) is 28.0 Å². The van der Waals surface area contributed by atoms with Crippen molar-refractivity contribution in [3.8, 4) is 0 Å². The third-order valence-corrected chi connectivity index (χ3v) is 8.37. The highest BCUT2D eigenvalue weighted by Crippen LogP contribution is 2.50. The van der Waals surface area contributed by atoms with Gasteiger partial charge in [-0.1, -0.05) is 18.5 Å². The highest BCUT2D eigenvalue weighted by atomic mass is 32.2. The summed E-state index contributed by atoms with van der Waals surface area (Å²) in [5.41, 5.74) is 5.97. The standard InChI is InChI=1S/C20H27N5O5S2/c1-9-5-4-6-10(7-9)30-24-12(11-8-31-19(21)22-11)15(26)23-13-16(27)25-14(18(28)29)20(2,3)32-17(13)25/h8-10,13-14,17H,4-7H2,1-3H3,(H2,21,22)(H,23,26)(H,28,29)/b24-12-/t9-,10+,13-,14-,17+/m0/s1. The Morgan fingerprint density at radius 1 is 1.41 bits per heavy atom. The first-order valence-corrected chi connectivity index (χ1v) is 12.3. The highest BCUT2D eigenvalue weighted by molar-refractivity contribution is 8.01. The second kappa shape index (κ2) is 8.54. The molecule has 1 saturated carbocycles. The number of β-lactam (4-membered cyclic amide) rings is 1. The van der Waals surface area contributed by atoms with Crippen molar-refractivity contribution in [2.45, 2.75) is 74.8 Å². The SMILES string of the molecule is C[C@H]1CCC[C@@H](O/N=C(\C(=O)N[C@H]2C(=O)N3[C@@H]2SC(C)(C)[C@@H]3C(=O)O)c2csc(N)n2)C1. The van der Waals surface area contributed by atoms with Crippen LogP contribution in [0.15, 0.2) is 10.5 Å². The predicted octanol–water partition coefficient (Wildman–Crippen LogP) is 1.66. The third-order valence-electron chi connectivity index (χ3n) is 6.12. The second-order valence-corrected chi connectivity index (χ2v) is 11.7. The lowest BCUT2D eigenvalue weighted by Crippen LogP contribution is -2.71. The van der Waals surface area contributed by atoms with Gasteiger partial charge >= 0.3 is 5.97 Å². The van der Waals surface area contributed by atoms with Gasteiger partial charge < -0.3 is 25.9 Å². The van der Waals surface area contributed by atoms with E-state index in [-0.39, 0.29) is 22.6 Å². The van der Waals surface area contributed by atoms with Gasteiger partial charge in [0.25, 0.3) is 5.91 Å². The lowest BCUT2D eigenvalue weighted by Gasteiger charge is -2.43. The minimum Gasteiger partial charge on any atom is -0.480 e. The number of amides is 2. The molecule has 32 heavy (non-hydrogen) atoms. The molecular weight excluding hydrogens is 454 g/mol. The number of carboxylic acids is 1. The van der Waals surface area contributed by atoms with Crippen molar-refractivity contribution in [1.29, 1.82) is 0 Å². The molecule has 0 bridgehead atoms. The summed E-state index contributed by atoms with van der Waals surface area (Å²) in [7, 11) is 0. The van der Waals surface area contributed by atoms with Crippen LogP contribution in [0.4, 0.5) is 5.13 Å². The number of thioether (sulfide) groups is 1. The number of anilines is 1. The van der Waals surface area contributed by atoms with Crippen LogP contribution in [0.5, 0.6) is 0 Å². The van der Waals surface area contributed by atoms with Gasteiger partial charge in [0.2, 0.25) is 5.91 Å². The van der Waals surface area contributed by atoms with E-state index in [1.54, 1.807) is 19.2 Å². The average Bonchev–Trinajstić information content (AvgIpc) is 3.25. The summed E-state index contributed by atoms with van der Waals surface area (Å²) < 4.78 is -0.674. The zero-order chi connectivity index (χ0) is 23.2. The molecule has 3 fully saturated rings. The minimum absolute atomic E-state index is 0.0422. The molecule has 0 aromatic carbocycles. The van der Waals surface area contributed by atoms with Gasteiger partial charge in [0, 0.05) is 10.1 Å². The molecule has 2 saturated heterocycles. The second-order valence-electron chi connectivity index (χ2n) is 9.06. The van der Waals surface area contributed by atoms with Crippen LogP contribution in [0.3, 0.4) is 0 Å². The number of nitrogens with two attached hydrogens (primary N) is 1. The number of nitrogen functional groups attached to an aromatic ring is 1. The maximum atomic E-state index is 13.1. The Morgan fingerprint density at radius 3 is 2.78 bits per heavy atom. The molecule has 5 atom stereocenters. The Hall–Kier alpha value is -2.34. The summed E-state index contributed by atoms with van der Waals surface area (Å²) in [5, 5.41) is 17.8. The molecule has 3 heterocycles. The molecule has 0 unspecified atom stereocenters. The number of rotatable bonds is 6. The molecule has 1 aromatic rings. The third kappa shape index (κ3) is 4.17. The molecule has 2 aliphatic heterocycles. The smallest absolute Gasteiger partial charge is 0.327 e. The van der Waals surface area contributed by atoms with Gasteiger partial charge in [0.15, 0.2) is 10.8 Å². The van der Waals surface area contributed by atoms with Gasteiger partial charge in [0.1, 0.15) is 29.3 Å². The maximum absolute atomic E-state index is 13.1. The quantitative estimate of drug-likeness (QED) is 0.316. The Balaban J connectivity index is 1.50. The number of oxime groups is 1. The maximum Gasteiger partial charge on any atom is 0.327 e. The first-order valence-electron chi connectivity index (χ1n) is 10.6. The summed E-state index contributed by atoms with van der Waals surface area (Å²) in [6.45, 7) is 5.73. The van der Waals surface area contributed by atoms with E-state index in [4.69, 9.17) is 10.6 Å². The van der Waals surface area contributed by atoms with Crippen molar-refractivity contribution in [1.82, 2.24) is 15.2 Å². The largest absolute Gasteiger partial charge is 0.480 e. The van der Waals surface area contributed by atoms with E-state index in [0.717, 1.165) is 25.7 Å². The summed E-state index contributed by atoms with van der Waals surface area (Å²) in [4.78, 5) is 48.7. The van der Waals surface area contributed by atoms with Crippen LogP contribution in [0.25, 0.3) is 0 Å². The molecule has 1 aromatic heterocycles. The number of carboxylic acid groups (broad SMARTS) is 1. The van der Waals surface area contributed by atoms with Gasteiger partial charge in [-0.05, 0) is 39.0 Å². The number of carbonyl (C=O) groups excluding carboxylic acids is 2. The zero-order valence-electron chi connectivity index (χ0n) is 18.1. The van der Waals surface area contributed by atoms with E-state index in [9.17, 15) is 19.5 Å². The van der Waals surface area contributed by atoms with Crippen molar-refractivity contribution in [3.05, 3.63) is 11.1 Å². The molecule has 1 aliphatic carbocycles. The molecule has 0 spiro atoms. The fraction of sp³-hybridized carbons (Fsp3) is 0.650. The van der Waals surface area contributed by atoms with Crippen molar-refractivity contribution >= 4 is 51.7 Å². The zero-order valence-corrected chi connectivity index (χ0v) is 19.7. The summed E-state index contributed by atoms with van der Waals surface area (Å²) in [5.74, 6) is -1.56.